The lowest BCUT2D eigenvalue weighted by molar-refractivity contribution is -0.118. The summed E-state index contributed by atoms with van der Waals surface area (Å²) in [6.45, 7) is 5.88. The van der Waals surface area contributed by atoms with Crippen molar-refractivity contribution < 1.29 is 18.0 Å². The summed E-state index contributed by atoms with van der Waals surface area (Å²) in [5, 5.41) is 2.78. The van der Waals surface area contributed by atoms with E-state index in [1.54, 1.807) is 41.3 Å². The molecule has 0 spiro atoms. The van der Waals surface area contributed by atoms with Gasteiger partial charge in [0.1, 0.15) is 6.04 Å². The van der Waals surface area contributed by atoms with E-state index < -0.39 is 22.0 Å². The smallest absolute Gasteiger partial charge is 0.242 e. The zero-order valence-electron chi connectivity index (χ0n) is 17.7. The first-order valence-corrected chi connectivity index (χ1v) is 12.3. The van der Waals surface area contributed by atoms with Crippen molar-refractivity contribution in [1.29, 1.82) is 0 Å². The normalized spacial score (nSPS) is 14.4. The second-order valence-electron chi connectivity index (χ2n) is 8.01. The van der Waals surface area contributed by atoms with Crippen molar-refractivity contribution in [3.05, 3.63) is 52.5 Å². The molecule has 2 aromatic carbocycles. The highest BCUT2D eigenvalue weighted by Crippen LogP contribution is 2.30. The van der Waals surface area contributed by atoms with E-state index in [0.29, 0.717) is 25.1 Å². The molecule has 0 radical (unpaired) electrons. The van der Waals surface area contributed by atoms with Crippen molar-refractivity contribution in [2.75, 3.05) is 16.8 Å². The maximum atomic E-state index is 13.1. The SMILES string of the molecule is CC(=O)N1CCc2cc(S(=O)(=O)N[C@H](CC(C)C)C(=O)Nc3ccc(Br)cc3)ccc21. The second kappa shape index (κ2) is 9.50. The number of fused-ring (bicyclic) bond motifs is 1. The molecule has 166 valence electrons. The second-order valence-corrected chi connectivity index (χ2v) is 10.6. The Bertz CT molecular complexity index is 1080. The molecule has 7 nitrogen and oxygen atoms in total. The fourth-order valence-corrected chi connectivity index (χ4v) is 5.09. The highest BCUT2D eigenvalue weighted by molar-refractivity contribution is 9.10. The Morgan fingerprint density at radius 1 is 1.13 bits per heavy atom. The van der Waals surface area contributed by atoms with Gasteiger partial charge < -0.3 is 10.2 Å². The van der Waals surface area contributed by atoms with Gasteiger partial charge in [-0.25, -0.2) is 8.42 Å². The van der Waals surface area contributed by atoms with E-state index in [0.717, 1.165) is 15.7 Å². The van der Waals surface area contributed by atoms with Crippen LogP contribution >= 0.6 is 15.9 Å². The Balaban J connectivity index is 1.81. The van der Waals surface area contributed by atoms with Gasteiger partial charge in [-0.2, -0.15) is 4.72 Å². The van der Waals surface area contributed by atoms with Crippen LogP contribution in [0.25, 0.3) is 0 Å². The van der Waals surface area contributed by atoms with Gasteiger partial charge in [0.25, 0.3) is 0 Å². The maximum absolute atomic E-state index is 13.1. The van der Waals surface area contributed by atoms with Gasteiger partial charge in [-0.05, 0) is 66.8 Å². The molecule has 2 amide bonds. The molecule has 2 aromatic rings. The van der Waals surface area contributed by atoms with Gasteiger partial charge in [-0.1, -0.05) is 29.8 Å². The molecule has 0 saturated carbocycles. The molecule has 2 N–H and O–H groups in total. The van der Waals surface area contributed by atoms with Gasteiger partial charge in [0.2, 0.25) is 21.8 Å². The first-order valence-electron chi connectivity index (χ1n) is 10.1. The summed E-state index contributed by atoms with van der Waals surface area (Å²) < 4.78 is 29.6. The molecule has 0 aromatic heterocycles. The van der Waals surface area contributed by atoms with Crippen LogP contribution in [0, 0.1) is 5.92 Å². The number of nitrogens with zero attached hydrogens (tertiary/aromatic N) is 1. The Morgan fingerprint density at radius 2 is 1.81 bits per heavy atom. The van der Waals surface area contributed by atoms with Gasteiger partial charge in [0.15, 0.2) is 0 Å². The summed E-state index contributed by atoms with van der Waals surface area (Å²) in [5.74, 6) is -0.384. The molecule has 0 fully saturated rings. The first kappa shape index (κ1) is 23.4. The third-order valence-corrected chi connectivity index (χ3v) is 7.07. The number of hydrogen-bond donors (Lipinski definition) is 2. The number of benzene rings is 2. The van der Waals surface area contributed by atoms with Crippen LogP contribution in [0.15, 0.2) is 51.8 Å². The molecule has 0 aliphatic carbocycles. The summed E-state index contributed by atoms with van der Waals surface area (Å²) >= 11 is 3.35. The van der Waals surface area contributed by atoms with Crippen LogP contribution in [-0.4, -0.2) is 32.8 Å². The molecule has 0 saturated heterocycles. The molecule has 9 heteroatoms. The first-order chi connectivity index (χ1) is 14.6. The average Bonchev–Trinajstić information content (AvgIpc) is 3.12. The Morgan fingerprint density at radius 3 is 2.42 bits per heavy atom. The Kier molecular flexibility index (Phi) is 7.18. The number of anilines is 2. The fourth-order valence-electron chi connectivity index (χ4n) is 3.57. The lowest BCUT2D eigenvalue weighted by atomic mass is 10.0. The fraction of sp³-hybridized carbons (Fsp3) is 0.364. The molecule has 1 atom stereocenters. The van der Waals surface area contributed by atoms with Crippen LogP contribution in [0.4, 0.5) is 11.4 Å². The van der Waals surface area contributed by atoms with Crippen LogP contribution in [0.3, 0.4) is 0 Å². The largest absolute Gasteiger partial charge is 0.325 e. The van der Waals surface area contributed by atoms with Crippen molar-refractivity contribution in [2.45, 2.75) is 44.6 Å². The van der Waals surface area contributed by atoms with Crippen LogP contribution in [0.5, 0.6) is 0 Å². The van der Waals surface area contributed by atoms with E-state index in [-0.39, 0.29) is 16.7 Å². The average molecular weight is 508 g/mol. The topological polar surface area (TPSA) is 95.6 Å². The highest BCUT2D eigenvalue weighted by Gasteiger charge is 2.29. The van der Waals surface area contributed by atoms with E-state index in [9.17, 15) is 18.0 Å². The summed E-state index contributed by atoms with van der Waals surface area (Å²) in [4.78, 5) is 26.3. The van der Waals surface area contributed by atoms with E-state index in [4.69, 9.17) is 0 Å². The Hall–Kier alpha value is -2.23. The molecular formula is C22H26BrN3O4S. The molecule has 3 rings (SSSR count). The minimum Gasteiger partial charge on any atom is -0.325 e. The number of carbonyl (C=O) groups is 2. The lowest BCUT2D eigenvalue weighted by Crippen LogP contribution is -2.44. The summed E-state index contributed by atoms with van der Waals surface area (Å²) in [5.41, 5.74) is 2.12. The molecule has 0 bridgehead atoms. The molecule has 1 aliphatic heterocycles. The Labute approximate surface area is 191 Å². The van der Waals surface area contributed by atoms with Crippen LogP contribution in [-0.2, 0) is 26.0 Å². The number of rotatable bonds is 7. The van der Waals surface area contributed by atoms with Crippen molar-refractivity contribution >= 4 is 49.1 Å². The number of carbonyl (C=O) groups excluding carboxylic acids is 2. The third kappa shape index (κ3) is 5.72. The summed E-state index contributed by atoms with van der Waals surface area (Å²) in [6.07, 6.45) is 0.947. The number of nitrogens with one attached hydrogen (secondary N) is 2. The molecule has 1 aliphatic rings. The van der Waals surface area contributed by atoms with Crippen molar-refractivity contribution in [2.24, 2.45) is 5.92 Å². The van der Waals surface area contributed by atoms with Crippen molar-refractivity contribution in [3.8, 4) is 0 Å². The third-order valence-electron chi connectivity index (χ3n) is 5.07. The molecule has 31 heavy (non-hydrogen) atoms. The maximum Gasteiger partial charge on any atom is 0.242 e. The van der Waals surface area contributed by atoms with Gasteiger partial charge in [-0.3, -0.25) is 9.59 Å². The van der Waals surface area contributed by atoms with Crippen LogP contribution in [0.2, 0.25) is 0 Å². The standard InChI is InChI=1S/C22H26BrN3O4S/c1-14(2)12-20(22(28)24-18-6-4-17(23)5-7-18)25-31(29,30)19-8-9-21-16(13-19)10-11-26(21)15(3)27/h4-9,13-14,20,25H,10-12H2,1-3H3,(H,24,28)/t20-/m1/s1. The van der Waals surface area contributed by atoms with E-state index in [1.165, 1.54) is 13.0 Å². The number of sulfonamides is 1. The van der Waals surface area contributed by atoms with Crippen molar-refractivity contribution in [1.82, 2.24) is 4.72 Å². The quantitative estimate of drug-likeness (QED) is 0.597. The van der Waals surface area contributed by atoms with Gasteiger partial charge in [0.05, 0.1) is 4.90 Å². The van der Waals surface area contributed by atoms with Gasteiger partial charge in [-0.15, -0.1) is 0 Å². The summed E-state index contributed by atoms with van der Waals surface area (Å²) in [6, 6.07) is 10.9. The number of amides is 2. The summed E-state index contributed by atoms with van der Waals surface area (Å²) in [7, 11) is -3.93. The van der Waals surface area contributed by atoms with Crippen LogP contribution in [0.1, 0.15) is 32.8 Å². The lowest BCUT2D eigenvalue weighted by Gasteiger charge is -2.21. The highest BCUT2D eigenvalue weighted by atomic mass is 79.9. The molecular weight excluding hydrogens is 482 g/mol. The molecule has 0 unspecified atom stereocenters. The minimum absolute atomic E-state index is 0.0749. The van der Waals surface area contributed by atoms with Gasteiger partial charge in [0, 0.05) is 29.3 Å². The minimum atomic E-state index is -3.93. The predicted octanol–water partition coefficient (Wildman–Crippen LogP) is 3.69. The van der Waals surface area contributed by atoms with Gasteiger partial charge >= 0.3 is 0 Å². The van der Waals surface area contributed by atoms with Crippen molar-refractivity contribution in [3.63, 3.8) is 0 Å². The van der Waals surface area contributed by atoms with E-state index in [1.807, 2.05) is 13.8 Å². The van der Waals surface area contributed by atoms with Crippen LogP contribution < -0.4 is 14.9 Å². The van der Waals surface area contributed by atoms with E-state index >= 15 is 0 Å². The monoisotopic (exact) mass is 507 g/mol. The zero-order chi connectivity index (χ0) is 22.8. The molecule has 1 heterocycles. The number of halogens is 1. The van der Waals surface area contributed by atoms with E-state index in [2.05, 4.69) is 26.0 Å². The zero-order valence-corrected chi connectivity index (χ0v) is 20.1. The number of hydrogen-bond acceptors (Lipinski definition) is 4. The predicted molar refractivity (Wildman–Crippen MR) is 125 cm³/mol.